The molecule has 0 aliphatic carbocycles. The molecule has 0 spiro atoms. The van der Waals surface area contributed by atoms with Gasteiger partial charge in [-0.05, 0) is 56.7 Å². The molecule has 0 aliphatic rings. The van der Waals surface area contributed by atoms with Gasteiger partial charge in [-0.1, -0.05) is 63.8 Å². The smallest absolute Gasteiger partial charge is 0.339 e. The summed E-state index contributed by atoms with van der Waals surface area (Å²) in [5, 5.41) is 0. The Morgan fingerprint density at radius 3 is 1.71 bits per heavy atom. The molecule has 0 bridgehead atoms. The molecule has 0 saturated carbocycles. The molecule has 1 aromatic carbocycles. The highest BCUT2D eigenvalue weighted by Crippen LogP contribution is 2.19. The molecule has 0 amide bonds. The van der Waals surface area contributed by atoms with Gasteiger partial charge in [-0.3, -0.25) is 4.55 Å². The third-order valence-electron chi connectivity index (χ3n) is 5.05. The van der Waals surface area contributed by atoms with Crippen LogP contribution in [0.2, 0.25) is 0 Å². The Morgan fingerprint density at radius 1 is 0.765 bits per heavy atom. The van der Waals surface area contributed by atoms with E-state index in [1.165, 1.54) is 6.42 Å². The van der Waals surface area contributed by atoms with Crippen LogP contribution in [-0.4, -0.2) is 38.1 Å². The summed E-state index contributed by atoms with van der Waals surface area (Å²) in [6, 6.07) is 3.13. The lowest BCUT2D eigenvalue weighted by Crippen LogP contribution is -2.16. The second-order valence-electron chi connectivity index (χ2n) is 7.97. The maximum absolute atomic E-state index is 12.6. The van der Waals surface area contributed by atoms with Crippen LogP contribution in [0.25, 0.3) is 0 Å². The van der Waals surface area contributed by atoms with Crippen molar-refractivity contribution in [2.45, 2.75) is 83.0 Å². The zero-order valence-electron chi connectivity index (χ0n) is 20.3. The molecular weight excluding hydrogens is 456 g/mol. The number of carbonyl (C=O) groups excluding carboxylic acids is 2. The fourth-order valence-corrected chi connectivity index (χ4v) is 3.63. The summed E-state index contributed by atoms with van der Waals surface area (Å²) in [5.41, 5.74) is -0.374. The second kappa shape index (κ2) is 17.1. The Balaban J connectivity index is 2.73. The highest BCUT2D eigenvalue weighted by atomic mass is 32.2. The van der Waals surface area contributed by atoms with Gasteiger partial charge in [-0.15, -0.1) is 0 Å². The monoisotopic (exact) mass is 494 g/mol. The van der Waals surface area contributed by atoms with Gasteiger partial charge in [0.05, 0.1) is 29.2 Å². The summed E-state index contributed by atoms with van der Waals surface area (Å²) in [4.78, 5) is 24.6. The SMILES string of the molecule is CCCCC/C=C/CCOC(=O)c1ccc(S(=O)(=O)O)cc1C(=O)OCC/C=C/CCCCC. The molecule has 8 heteroatoms. The van der Waals surface area contributed by atoms with E-state index in [1.54, 1.807) is 0 Å². The molecule has 0 radical (unpaired) electrons. The number of benzene rings is 1. The first-order valence-electron chi connectivity index (χ1n) is 12.1. The third kappa shape index (κ3) is 12.1. The van der Waals surface area contributed by atoms with Gasteiger partial charge in [-0.2, -0.15) is 8.42 Å². The molecule has 1 N–H and O–H groups in total. The van der Waals surface area contributed by atoms with Gasteiger partial charge < -0.3 is 9.47 Å². The number of hydrogen-bond acceptors (Lipinski definition) is 6. The number of rotatable bonds is 17. The first-order valence-corrected chi connectivity index (χ1v) is 13.5. The van der Waals surface area contributed by atoms with Gasteiger partial charge in [0.25, 0.3) is 10.1 Å². The summed E-state index contributed by atoms with van der Waals surface area (Å²) in [7, 11) is -4.56. The van der Waals surface area contributed by atoms with Crippen LogP contribution >= 0.6 is 0 Å². The minimum atomic E-state index is -4.56. The highest BCUT2D eigenvalue weighted by molar-refractivity contribution is 7.85. The van der Waals surface area contributed by atoms with Crippen molar-refractivity contribution in [1.29, 1.82) is 0 Å². The molecule has 1 rings (SSSR count). The third-order valence-corrected chi connectivity index (χ3v) is 5.90. The summed E-state index contributed by atoms with van der Waals surface area (Å²) in [6.07, 6.45) is 17.8. The molecule has 0 heterocycles. The lowest BCUT2D eigenvalue weighted by atomic mass is 10.1. The maximum Gasteiger partial charge on any atom is 0.339 e. The van der Waals surface area contributed by atoms with E-state index in [9.17, 15) is 22.6 Å². The highest BCUT2D eigenvalue weighted by Gasteiger charge is 2.23. The van der Waals surface area contributed by atoms with Crippen molar-refractivity contribution in [3.05, 3.63) is 53.6 Å². The molecule has 1 aromatic rings. The first kappa shape index (κ1) is 29.6. The molecule has 0 atom stereocenters. The van der Waals surface area contributed by atoms with Crippen LogP contribution in [0.1, 0.15) is 98.8 Å². The summed E-state index contributed by atoms with van der Waals surface area (Å²) in [6.45, 7) is 4.48. The number of allylic oxidation sites excluding steroid dienone is 2. The predicted molar refractivity (Wildman–Crippen MR) is 133 cm³/mol. The summed E-state index contributed by atoms with van der Waals surface area (Å²) in [5.74, 6) is -1.61. The zero-order valence-corrected chi connectivity index (χ0v) is 21.1. The number of esters is 2. The van der Waals surface area contributed by atoms with Crippen LogP contribution in [0.5, 0.6) is 0 Å². The molecule has 0 saturated heterocycles. The molecule has 0 aliphatic heterocycles. The lowest BCUT2D eigenvalue weighted by Gasteiger charge is -2.10. The zero-order chi connectivity index (χ0) is 25.2. The maximum atomic E-state index is 12.6. The molecule has 7 nitrogen and oxygen atoms in total. The van der Waals surface area contributed by atoms with Gasteiger partial charge in [0.1, 0.15) is 0 Å². The largest absolute Gasteiger partial charge is 0.462 e. The first-order chi connectivity index (χ1) is 16.3. The molecule has 34 heavy (non-hydrogen) atoms. The molecular formula is C26H38O7S. The van der Waals surface area contributed by atoms with Crippen molar-refractivity contribution in [1.82, 2.24) is 0 Å². The van der Waals surface area contributed by atoms with Gasteiger partial charge in [0, 0.05) is 0 Å². The standard InChI is InChI=1S/C26H38O7S/c1-3-5-7-9-11-13-15-19-32-25(27)23-18-17-22(34(29,30)31)21-24(23)26(28)33-20-16-14-12-10-8-6-4-2/h11-14,17-18,21H,3-10,15-16,19-20H2,1-2H3,(H,29,30,31)/b13-11+,14-12+. The van der Waals surface area contributed by atoms with Crippen molar-refractivity contribution in [2.24, 2.45) is 0 Å². The van der Waals surface area contributed by atoms with Crippen molar-refractivity contribution in [2.75, 3.05) is 13.2 Å². The van der Waals surface area contributed by atoms with E-state index in [-0.39, 0.29) is 24.3 Å². The van der Waals surface area contributed by atoms with Crippen LogP contribution in [-0.2, 0) is 19.6 Å². The molecule has 190 valence electrons. The van der Waals surface area contributed by atoms with Crippen molar-refractivity contribution in [3.63, 3.8) is 0 Å². The minimum Gasteiger partial charge on any atom is -0.462 e. The van der Waals surface area contributed by atoms with Gasteiger partial charge in [0.2, 0.25) is 0 Å². The lowest BCUT2D eigenvalue weighted by molar-refractivity contribution is 0.0464. The van der Waals surface area contributed by atoms with E-state index in [1.807, 2.05) is 24.3 Å². The fourth-order valence-electron chi connectivity index (χ4n) is 3.12. The average molecular weight is 495 g/mol. The van der Waals surface area contributed by atoms with E-state index in [2.05, 4.69) is 13.8 Å². The van der Waals surface area contributed by atoms with Gasteiger partial charge in [0.15, 0.2) is 0 Å². The average Bonchev–Trinajstić information content (AvgIpc) is 2.81. The van der Waals surface area contributed by atoms with Crippen LogP contribution < -0.4 is 0 Å². The van der Waals surface area contributed by atoms with E-state index >= 15 is 0 Å². The predicted octanol–water partition coefficient (Wildman–Crippen LogP) is 6.30. The Hall–Kier alpha value is -2.45. The van der Waals surface area contributed by atoms with Gasteiger partial charge >= 0.3 is 11.9 Å². The Bertz CT molecular complexity index is 917. The summed E-state index contributed by atoms with van der Waals surface area (Å²) >= 11 is 0. The van der Waals surface area contributed by atoms with E-state index in [4.69, 9.17) is 9.47 Å². The Labute approximate surface area is 204 Å². The normalized spacial score (nSPS) is 11.9. The molecule has 0 unspecified atom stereocenters. The van der Waals surface area contributed by atoms with Gasteiger partial charge in [-0.25, -0.2) is 9.59 Å². The topological polar surface area (TPSA) is 107 Å². The number of unbranched alkanes of at least 4 members (excludes halogenated alkanes) is 6. The number of hydrogen-bond donors (Lipinski definition) is 1. The quantitative estimate of drug-likeness (QED) is 0.117. The Kier molecular flexibility index (Phi) is 14.8. The number of carbonyl (C=O) groups is 2. The summed E-state index contributed by atoms with van der Waals surface area (Å²) < 4.78 is 42.8. The van der Waals surface area contributed by atoms with Crippen molar-refractivity contribution >= 4 is 22.1 Å². The number of ether oxygens (including phenoxy) is 2. The molecule has 0 fully saturated rings. The fraction of sp³-hybridized carbons (Fsp3) is 0.538. The minimum absolute atomic E-state index is 0.0799. The van der Waals surface area contributed by atoms with Crippen LogP contribution in [0, 0.1) is 0 Å². The van der Waals surface area contributed by atoms with Crippen molar-refractivity contribution in [3.8, 4) is 0 Å². The van der Waals surface area contributed by atoms with Crippen LogP contribution in [0.15, 0.2) is 47.4 Å². The van der Waals surface area contributed by atoms with E-state index in [0.29, 0.717) is 12.8 Å². The van der Waals surface area contributed by atoms with E-state index < -0.39 is 27.0 Å². The van der Waals surface area contributed by atoms with Crippen molar-refractivity contribution < 1.29 is 32.0 Å². The second-order valence-corrected chi connectivity index (χ2v) is 9.39. The Morgan fingerprint density at radius 2 is 1.24 bits per heavy atom. The van der Waals surface area contributed by atoms with Crippen LogP contribution in [0.3, 0.4) is 0 Å². The molecule has 0 aromatic heterocycles. The van der Waals surface area contributed by atoms with E-state index in [0.717, 1.165) is 63.1 Å². The van der Waals surface area contributed by atoms with Crippen LogP contribution in [0.4, 0.5) is 0 Å².